The van der Waals surface area contributed by atoms with E-state index in [4.69, 9.17) is 16.0 Å². The van der Waals surface area contributed by atoms with Crippen LogP contribution >= 0.6 is 35.6 Å². The van der Waals surface area contributed by atoms with Crippen molar-refractivity contribution in [1.29, 1.82) is 0 Å². The lowest BCUT2D eigenvalue weighted by atomic mass is 10.1. The Kier molecular flexibility index (Phi) is 9.98. The Hall–Kier alpha value is -2.59. The molecule has 7 nitrogen and oxygen atoms in total. The van der Waals surface area contributed by atoms with Gasteiger partial charge in [-0.15, -0.1) is 24.0 Å². The molecule has 170 valence electrons. The van der Waals surface area contributed by atoms with Crippen LogP contribution in [0.15, 0.2) is 58.1 Å². The zero-order valence-corrected chi connectivity index (χ0v) is 21.3. The molecule has 2 aromatic carbocycles. The van der Waals surface area contributed by atoms with E-state index in [1.807, 2.05) is 50.2 Å². The largest absolute Gasteiger partial charge is 0.444 e. The van der Waals surface area contributed by atoms with Gasteiger partial charge >= 0.3 is 0 Å². The van der Waals surface area contributed by atoms with Crippen molar-refractivity contribution in [2.24, 2.45) is 4.99 Å². The molecule has 9 heteroatoms. The molecule has 3 aromatic rings. The highest BCUT2D eigenvalue weighted by Gasteiger charge is 2.09. The number of amides is 1. The fourth-order valence-corrected chi connectivity index (χ4v) is 3.04. The maximum absolute atomic E-state index is 12.2. The zero-order chi connectivity index (χ0) is 22.2. The highest BCUT2D eigenvalue weighted by Crippen LogP contribution is 2.23. The van der Waals surface area contributed by atoms with Crippen molar-refractivity contribution < 1.29 is 9.21 Å². The Morgan fingerprint density at radius 3 is 2.59 bits per heavy atom. The van der Waals surface area contributed by atoms with E-state index in [1.54, 1.807) is 19.4 Å². The van der Waals surface area contributed by atoms with Crippen molar-refractivity contribution in [3.05, 3.63) is 70.6 Å². The number of carbonyl (C=O) groups excluding carboxylic acids is 1. The number of anilines is 1. The van der Waals surface area contributed by atoms with Crippen molar-refractivity contribution in [3.8, 4) is 11.5 Å². The van der Waals surface area contributed by atoms with E-state index in [-0.39, 0.29) is 36.3 Å². The average Bonchev–Trinajstić information content (AvgIpc) is 3.23. The fourth-order valence-electron chi connectivity index (χ4n) is 2.86. The van der Waals surface area contributed by atoms with Crippen molar-refractivity contribution in [2.45, 2.75) is 26.8 Å². The molecule has 32 heavy (non-hydrogen) atoms. The van der Waals surface area contributed by atoms with Crippen molar-refractivity contribution in [3.63, 3.8) is 0 Å². The van der Waals surface area contributed by atoms with E-state index in [2.05, 4.69) is 25.9 Å². The summed E-state index contributed by atoms with van der Waals surface area (Å²) in [6.07, 6.45) is 1.91. The van der Waals surface area contributed by atoms with Gasteiger partial charge in [0.25, 0.3) is 0 Å². The van der Waals surface area contributed by atoms with Gasteiger partial charge in [-0.25, -0.2) is 4.98 Å². The summed E-state index contributed by atoms with van der Waals surface area (Å²) in [6.45, 7) is 4.78. The SMILES string of the molecule is CN=C(NCCC(=O)Nc1cccc(Cl)c1C)NCc1coc(-c2ccc(C)cc2)n1.I. The third-order valence-electron chi connectivity index (χ3n) is 4.70. The first-order valence-electron chi connectivity index (χ1n) is 9.97. The van der Waals surface area contributed by atoms with Gasteiger partial charge in [-0.1, -0.05) is 35.4 Å². The van der Waals surface area contributed by atoms with E-state index in [1.165, 1.54) is 5.56 Å². The number of nitrogens with one attached hydrogen (secondary N) is 3. The summed E-state index contributed by atoms with van der Waals surface area (Å²) in [6, 6.07) is 13.4. The van der Waals surface area contributed by atoms with Gasteiger partial charge in [-0.3, -0.25) is 9.79 Å². The van der Waals surface area contributed by atoms with Crippen LogP contribution in [0.5, 0.6) is 0 Å². The van der Waals surface area contributed by atoms with Crippen molar-refractivity contribution >= 4 is 53.1 Å². The third-order valence-corrected chi connectivity index (χ3v) is 5.11. The molecular weight excluding hydrogens is 541 g/mol. The molecular formula is C23H27ClIN5O2. The number of nitrogens with zero attached hydrogens (tertiary/aromatic N) is 2. The van der Waals surface area contributed by atoms with Gasteiger partial charge in [0.1, 0.15) is 6.26 Å². The number of benzene rings is 2. The maximum Gasteiger partial charge on any atom is 0.226 e. The molecule has 0 bridgehead atoms. The lowest BCUT2D eigenvalue weighted by Crippen LogP contribution is -2.38. The molecule has 0 unspecified atom stereocenters. The van der Waals surface area contributed by atoms with Crippen LogP contribution in [0, 0.1) is 13.8 Å². The first-order chi connectivity index (χ1) is 15.0. The average molecular weight is 568 g/mol. The van der Waals surface area contributed by atoms with E-state index < -0.39 is 0 Å². The summed E-state index contributed by atoms with van der Waals surface area (Å²) in [4.78, 5) is 20.9. The second-order valence-corrected chi connectivity index (χ2v) is 7.48. The van der Waals surface area contributed by atoms with Crippen LogP contribution in [0.3, 0.4) is 0 Å². The van der Waals surface area contributed by atoms with E-state index in [0.29, 0.717) is 30.0 Å². The molecule has 3 N–H and O–H groups in total. The zero-order valence-electron chi connectivity index (χ0n) is 18.2. The Morgan fingerprint density at radius 1 is 1.12 bits per heavy atom. The molecule has 1 aromatic heterocycles. The Labute approximate surface area is 210 Å². The second kappa shape index (κ2) is 12.4. The van der Waals surface area contributed by atoms with Gasteiger partial charge in [0.05, 0.1) is 12.2 Å². The summed E-state index contributed by atoms with van der Waals surface area (Å²) < 4.78 is 5.57. The molecule has 1 heterocycles. The van der Waals surface area contributed by atoms with Crippen LogP contribution in [0.4, 0.5) is 5.69 Å². The normalized spacial score (nSPS) is 10.9. The highest BCUT2D eigenvalue weighted by atomic mass is 127. The van der Waals surface area contributed by atoms with E-state index in [0.717, 1.165) is 22.5 Å². The number of aryl methyl sites for hydroxylation is 1. The highest BCUT2D eigenvalue weighted by molar-refractivity contribution is 14.0. The molecule has 0 saturated carbocycles. The number of aromatic nitrogens is 1. The molecule has 3 rings (SSSR count). The summed E-state index contributed by atoms with van der Waals surface area (Å²) in [5, 5.41) is 9.79. The van der Waals surface area contributed by atoms with E-state index >= 15 is 0 Å². The van der Waals surface area contributed by atoms with Gasteiger partial charge in [0.2, 0.25) is 11.8 Å². The van der Waals surface area contributed by atoms with Gasteiger partial charge in [-0.05, 0) is 43.7 Å². The van der Waals surface area contributed by atoms with Crippen LogP contribution in [0.1, 0.15) is 23.2 Å². The Morgan fingerprint density at radius 2 is 1.88 bits per heavy atom. The summed E-state index contributed by atoms with van der Waals surface area (Å²) >= 11 is 6.09. The molecule has 0 spiro atoms. The number of carbonyl (C=O) groups is 1. The molecule has 0 aliphatic rings. The lowest BCUT2D eigenvalue weighted by molar-refractivity contribution is -0.116. The van der Waals surface area contributed by atoms with Crippen LogP contribution in [0.25, 0.3) is 11.5 Å². The van der Waals surface area contributed by atoms with Gasteiger partial charge in [-0.2, -0.15) is 0 Å². The quantitative estimate of drug-likeness (QED) is 0.214. The number of aliphatic imine (C=N–C) groups is 1. The second-order valence-electron chi connectivity index (χ2n) is 7.07. The molecule has 0 atom stereocenters. The van der Waals surface area contributed by atoms with Crippen LogP contribution < -0.4 is 16.0 Å². The number of oxazole rings is 1. The fraction of sp³-hybridized carbons (Fsp3) is 0.261. The molecule has 0 saturated heterocycles. The minimum Gasteiger partial charge on any atom is -0.444 e. The minimum atomic E-state index is -0.104. The molecule has 0 radical (unpaired) electrons. The number of halogens is 2. The predicted molar refractivity (Wildman–Crippen MR) is 140 cm³/mol. The smallest absolute Gasteiger partial charge is 0.226 e. The molecule has 0 aliphatic heterocycles. The first-order valence-corrected chi connectivity index (χ1v) is 10.3. The van der Waals surface area contributed by atoms with Crippen LogP contribution in [-0.4, -0.2) is 30.4 Å². The summed E-state index contributed by atoms with van der Waals surface area (Å²) in [5.41, 5.74) is 4.44. The molecule has 0 aliphatic carbocycles. The molecule has 1 amide bonds. The standard InChI is InChI=1S/C23H26ClN5O2.HI/c1-15-7-9-17(10-8-15)22-28-18(14-31-22)13-27-23(25-3)26-12-11-21(30)29-20-6-4-5-19(24)16(20)2;/h4-10,14H,11-13H2,1-3H3,(H,29,30)(H2,25,26,27);1H. The monoisotopic (exact) mass is 567 g/mol. The third kappa shape index (κ3) is 7.23. The molecule has 0 fully saturated rings. The minimum absolute atomic E-state index is 0. The Bertz CT molecular complexity index is 1070. The number of rotatable bonds is 7. The number of hydrogen-bond acceptors (Lipinski definition) is 4. The van der Waals surface area contributed by atoms with E-state index in [9.17, 15) is 4.79 Å². The lowest BCUT2D eigenvalue weighted by Gasteiger charge is -2.12. The number of guanidine groups is 1. The predicted octanol–water partition coefficient (Wildman–Crippen LogP) is 4.92. The Balaban J connectivity index is 0.00000363. The van der Waals surface area contributed by atoms with Crippen molar-refractivity contribution in [1.82, 2.24) is 15.6 Å². The maximum atomic E-state index is 12.2. The first kappa shape index (κ1) is 25.7. The summed E-state index contributed by atoms with van der Waals surface area (Å²) in [5.74, 6) is 1.05. The van der Waals surface area contributed by atoms with Gasteiger partial charge in [0.15, 0.2) is 5.96 Å². The van der Waals surface area contributed by atoms with Crippen LogP contribution in [0.2, 0.25) is 5.02 Å². The topological polar surface area (TPSA) is 91.5 Å². The van der Waals surface area contributed by atoms with Crippen molar-refractivity contribution in [2.75, 3.05) is 18.9 Å². The number of hydrogen-bond donors (Lipinski definition) is 3. The van der Waals surface area contributed by atoms with Gasteiger partial charge in [0, 0.05) is 36.3 Å². The summed E-state index contributed by atoms with van der Waals surface area (Å²) in [7, 11) is 1.67. The van der Waals surface area contributed by atoms with Gasteiger partial charge < -0.3 is 20.4 Å². The van der Waals surface area contributed by atoms with Crippen LogP contribution in [-0.2, 0) is 11.3 Å².